The smallest absolute Gasteiger partial charge is 0.0913 e. The van der Waals surface area contributed by atoms with Gasteiger partial charge in [-0.25, -0.2) is 0 Å². The summed E-state index contributed by atoms with van der Waals surface area (Å²) < 4.78 is 0. The lowest BCUT2D eigenvalue weighted by Crippen LogP contribution is -2.04. The fourth-order valence-electron chi connectivity index (χ4n) is 2.18. The molecule has 96 valence electrons. The molecule has 1 aromatic carbocycles. The van der Waals surface area contributed by atoms with Crippen LogP contribution in [-0.2, 0) is 6.42 Å². The van der Waals surface area contributed by atoms with E-state index in [4.69, 9.17) is 23.2 Å². The zero-order valence-corrected chi connectivity index (χ0v) is 12.3. The van der Waals surface area contributed by atoms with Crippen LogP contribution in [0, 0.1) is 6.92 Å². The summed E-state index contributed by atoms with van der Waals surface area (Å²) in [6.07, 6.45) is 0.888. The van der Waals surface area contributed by atoms with E-state index >= 15 is 0 Å². The van der Waals surface area contributed by atoms with Crippen molar-refractivity contribution < 1.29 is 0 Å². The van der Waals surface area contributed by atoms with E-state index in [-0.39, 0.29) is 0 Å². The standard InChI is InChI=1S/C14H16Cl2N2/c1-4-12-8(3)13(17-5-2)10-6-9(15)7-11(16)14(10)18-12/h6-7H,4-5H2,1-3H3,(H,17,18). The van der Waals surface area contributed by atoms with Crippen molar-refractivity contribution in [1.82, 2.24) is 4.98 Å². The van der Waals surface area contributed by atoms with Gasteiger partial charge in [0, 0.05) is 28.3 Å². The molecule has 0 amide bonds. The number of halogens is 2. The molecule has 2 nitrogen and oxygen atoms in total. The van der Waals surface area contributed by atoms with Crippen LogP contribution in [0.4, 0.5) is 5.69 Å². The van der Waals surface area contributed by atoms with Gasteiger partial charge < -0.3 is 5.32 Å². The molecule has 2 rings (SSSR count). The molecule has 0 aliphatic carbocycles. The minimum absolute atomic E-state index is 0.603. The number of aromatic nitrogens is 1. The number of hydrogen-bond donors (Lipinski definition) is 1. The Balaban J connectivity index is 2.86. The quantitative estimate of drug-likeness (QED) is 0.871. The molecule has 1 N–H and O–H groups in total. The molecule has 1 aromatic heterocycles. The molecule has 0 aliphatic rings. The minimum atomic E-state index is 0.603. The number of rotatable bonds is 3. The first-order valence-electron chi connectivity index (χ1n) is 6.10. The van der Waals surface area contributed by atoms with Crippen molar-refractivity contribution in [3.63, 3.8) is 0 Å². The summed E-state index contributed by atoms with van der Waals surface area (Å²) in [5.41, 5.74) is 4.15. The molecule has 1 heterocycles. The third-order valence-corrected chi connectivity index (χ3v) is 3.55. The number of aryl methyl sites for hydroxylation is 1. The number of fused-ring (bicyclic) bond motifs is 1. The molecule has 0 atom stereocenters. The van der Waals surface area contributed by atoms with Gasteiger partial charge in [0.2, 0.25) is 0 Å². The van der Waals surface area contributed by atoms with Gasteiger partial charge in [0.15, 0.2) is 0 Å². The topological polar surface area (TPSA) is 24.9 Å². The first-order chi connectivity index (χ1) is 8.58. The van der Waals surface area contributed by atoms with Gasteiger partial charge >= 0.3 is 0 Å². The molecule has 0 bridgehead atoms. The van der Waals surface area contributed by atoms with E-state index in [0.29, 0.717) is 10.0 Å². The van der Waals surface area contributed by atoms with E-state index < -0.39 is 0 Å². The van der Waals surface area contributed by atoms with Crippen LogP contribution in [0.25, 0.3) is 10.9 Å². The number of nitrogens with zero attached hydrogens (tertiary/aromatic N) is 1. The molecule has 0 fully saturated rings. The number of hydrogen-bond acceptors (Lipinski definition) is 2. The van der Waals surface area contributed by atoms with E-state index in [9.17, 15) is 0 Å². The SMILES string of the molecule is CCNc1c(C)c(CC)nc2c(Cl)cc(Cl)cc12. The lowest BCUT2D eigenvalue weighted by molar-refractivity contribution is 1.03. The van der Waals surface area contributed by atoms with E-state index in [1.807, 2.05) is 6.07 Å². The molecule has 4 heteroatoms. The molecule has 0 spiro atoms. The highest BCUT2D eigenvalue weighted by Gasteiger charge is 2.13. The zero-order valence-electron chi connectivity index (χ0n) is 10.8. The normalized spacial score (nSPS) is 10.9. The summed E-state index contributed by atoms with van der Waals surface area (Å²) >= 11 is 12.3. The Kier molecular flexibility index (Phi) is 3.98. The third kappa shape index (κ3) is 2.27. The average Bonchev–Trinajstić information content (AvgIpc) is 2.33. The molecular weight excluding hydrogens is 267 g/mol. The van der Waals surface area contributed by atoms with Gasteiger partial charge in [0.25, 0.3) is 0 Å². The van der Waals surface area contributed by atoms with Gasteiger partial charge in [-0.2, -0.15) is 0 Å². The maximum atomic E-state index is 6.24. The minimum Gasteiger partial charge on any atom is -0.385 e. The second kappa shape index (κ2) is 5.33. The number of nitrogens with one attached hydrogen (secondary N) is 1. The van der Waals surface area contributed by atoms with Gasteiger partial charge in [0.1, 0.15) is 0 Å². The third-order valence-electron chi connectivity index (χ3n) is 3.04. The van der Waals surface area contributed by atoms with Crippen molar-refractivity contribution in [3.8, 4) is 0 Å². The first-order valence-corrected chi connectivity index (χ1v) is 6.86. The highest BCUT2D eigenvalue weighted by molar-refractivity contribution is 6.38. The van der Waals surface area contributed by atoms with Crippen molar-refractivity contribution in [3.05, 3.63) is 33.4 Å². The summed E-state index contributed by atoms with van der Waals surface area (Å²) in [5.74, 6) is 0. The highest BCUT2D eigenvalue weighted by atomic mass is 35.5. The maximum absolute atomic E-state index is 6.24. The average molecular weight is 283 g/mol. The summed E-state index contributed by atoms with van der Waals surface area (Å²) in [6, 6.07) is 3.66. The lowest BCUT2D eigenvalue weighted by Gasteiger charge is -2.15. The van der Waals surface area contributed by atoms with Crippen LogP contribution in [-0.4, -0.2) is 11.5 Å². The van der Waals surface area contributed by atoms with Crippen LogP contribution in [0.3, 0.4) is 0 Å². The highest BCUT2D eigenvalue weighted by Crippen LogP contribution is 2.34. The second-order valence-electron chi connectivity index (χ2n) is 4.23. The second-order valence-corrected chi connectivity index (χ2v) is 5.07. The molecule has 0 saturated carbocycles. The molecule has 0 aliphatic heterocycles. The van der Waals surface area contributed by atoms with Crippen molar-refractivity contribution in [1.29, 1.82) is 0 Å². The Morgan fingerprint density at radius 2 is 1.94 bits per heavy atom. The van der Waals surface area contributed by atoms with E-state index in [1.165, 1.54) is 5.56 Å². The Hall–Kier alpha value is -0.990. The molecule has 18 heavy (non-hydrogen) atoms. The monoisotopic (exact) mass is 282 g/mol. The molecule has 0 saturated heterocycles. The molecular formula is C14H16Cl2N2. The Morgan fingerprint density at radius 3 is 2.56 bits per heavy atom. The van der Waals surface area contributed by atoms with Gasteiger partial charge in [-0.15, -0.1) is 0 Å². The van der Waals surface area contributed by atoms with Gasteiger partial charge in [-0.1, -0.05) is 30.1 Å². The Morgan fingerprint density at radius 1 is 1.22 bits per heavy atom. The number of benzene rings is 1. The number of pyridine rings is 1. The van der Waals surface area contributed by atoms with Crippen molar-refractivity contribution in [2.24, 2.45) is 0 Å². The van der Waals surface area contributed by atoms with Crippen LogP contribution < -0.4 is 5.32 Å². The van der Waals surface area contributed by atoms with Crippen LogP contribution >= 0.6 is 23.2 Å². The summed E-state index contributed by atoms with van der Waals surface area (Å²) in [7, 11) is 0. The summed E-state index contributed by atoms with van der Waals surface area (Å²) in [5, 5.41) is 5.62. The predicted molar refractivity (Wildman–Crippen MR) is 80.0 cm³/mol. The molecule has 0 radical (unpaired) electrons. The Labute approximate surface area is 117 Å². The van der Waals surface area contributed by atoms with Gasteiger partial charge in [-0.3, -0.25) is 4.98 Å². The summed E-state index contributed by atoms with van der Waals surface area (Å²) in [4.78, 5) is 4.65. The zero-order chi connectivity index (χ0) is 13.3. The van der Waals surface area contributed by atoms with Crippen molar-refractivity contribution in [2.75, 3.05) is 11.9 Å². The number of anilines is 1. The van der Waals surface area contributed by atoms with Crippen molar-refractivity contribution >= 4 is 39.8 Å². The predicted octanol–water partition coefficient (Wildman–Crippen LogP) is 4.84. The van der Waals surface area contributed by atoms with Crippen LogP contribution in [0.1, 0.15) is 25.1 Å². The van der Waals surface area contributed by atoms with Crippen LogP contribution in [0.2, 0.25) is 10.0 Å². The van der Waals surface area contributed by atoms with Crippen LogP contribution in [0.5, 0.6) is 0 Å². The summed E-state index contributed by atoms with van der Waals surface area (Å²) in [6.45, 7) is 7.11. The van der Waals surface area contributed by atoms with E-state index in [1.54, 1.807) is 6.07 Å². The fourth-order valence-corrected chi connectivity index (χ4v) is 2.72. The van der Waals surface area contributed by atoms with Gasteiger partial charge in [-0.05, 0) is 38.0 Å². The lowest BCUT2D eigenvalue weighted by atomic mass is 10.1. The Bertz CT molecular complexity index is 594. The first kappa shape index (κ1) is 13.4. The van der Waals surface area contributed by atoms with Crippen molar-refractivity contribution in [2.45, 2.75) is 27.2 Å². The molecule has 0 unspecified atom stereocenters. The largest absolute Gasteiger partial charge is 0.385 e. The van der Waals surface area contributed by atoms with Gasteiger partial charge in [0.05, 0.1) is 10.5 Å². The van der Waals surface area contributed by atoms with E-state index in [2.05, 4.69) is 31.1 Å². The van der Waals surface area contributed by atoms with E-state index in [0.717, 1.165) is 35.2 Å². The van der Waals surface area contributed by atoms with Crippen LogP contribution in [0.15, 0.2) is 12.1 Å². The molecule has 2 aromatic rings. The maximum Gasteiger partial charge on any atom is 0.0913 e. The fraction of sp³-hybridized carbons (Fsp3) is 0.357.